The summed E-state index contributed by atoms with van der Waals surface area (Å²) in [5.74, 6) is 8.30. The van der Waals surface area contributed by atoms with Gasteiger partial charge in [0.15, 0.2) is 0 Å². The molecule has 1 heteroatoms. The Morgan fingerprint density at radius 2 is 2.00 bits per heavy atom. The van der Waals surface area contributed by atoms with E-state index in [1.807, 2.05) is 6.92 Å². The average Bonchev–Trinajstić information content (AvgIpc) is 2.69. The maximum atomic E-state index is 9.72. The van der Waals surface area contributed by atoms with Gasteiger partial charge in [-0.25, -0.2) is 0 Å². The van der Waals surface area contributed by atoms with Gasteiger partial charge in [-0.05, 0) is 43.9 Å². The van der Waals surface area contributed by atoms with E-state index in [1.165, 1.54) is 19.3 Å². The van der Waals surface area contributed by atoms with Gasteiger partial charge in [-0.1, -0.05) is 0 Å². The van der Waals surface area contributed by atoms with Crippen LogP contribution in [0.3, 0.4) is 0 Å². The number of hydrogen-bond donors (Lipinski definition) is 1. The van der Waals surface area contributed by atoms with Crippen LogP contribution in [0.1, 0.15) is 32.6 Å². The molecule has 0 radical (unpaired) electrons. The van der Waals surface area contributed by atoms with Crippen LogP contribution in [0.25, 0.3) is 0 Å². The summed E-state index contributed by atoms with van der Waals surface area (Å²) in [5.41, 5.74) is 0. The Balaban J connectivity index is 1.79. The van der Waals surface area contributed by atoms with Gasteiger partial charge in [0.2, 0.25) is 0 Å². The molecule has 1 nitrogen and oxygen atoms in total. The van der Waals surface area contributed by atoms with Crippen molar-refractivity contribution in [3.05, 3.63) is 0 Å². The molecular weight excluding hydrogens is 148 g/mol. The molecule has 66 valence electrons. The molecule has 0 amide bonds. The van der Waals surface area contributed by atoms with Crippen molar-refractivity contribution in [1.82, 2.24) is 0 Å². The van der Waals surface area contributed by atoms with Crippen LogP contribution >= 0.6 is 0 Å². The summed E-state index contributed by atoms with van der Waals surface area (Å²) < 4.78 is 0. The first-order valence-electron chi connectivity index (χ1n) is 4.89. The zero-order chi connectivity index (χ0) is 8.55. The van der Waals surface area contributed by atoms with Gasteiger partial charge < -0.3 is 5.11 Å². The lowest BCUT2D eigenvalue weighted by Crippen LogP contribution is -2.18. The fourth-order valence-electron chi connectivity index (χ4n) is 2.45. The quantitative estimate of drug-likeness (QED) is 0.617. The fraction of sp³-hybridized carbons (Fsp3) is 0.818. The molecule has 0 saturated heterocycles. The Kier molecular flexibility index (Phi) is 2.11. The van der Waals surface area contributed by atoms with E-state index in [2.05, 4.69) is 11.8 Å². The first-order chi connectivity index (χ1) is 5.81. The lowest BCUT2D eigenvalue weighted by Gasteiger charge is -2.16. The predicted octanol–water partition coefficient (Wildman–Crippen LogP) is 1.81. The highest BCUT2D eigenvalue weighted by molar-refractivity contribution is 5.02. The normalized spacial score (nSPS) is 39.7. The molecule has 0 spiro atoms. The van der Waals surface area contributed by atoms with Gasteiger partial charge in [0.1, 0.15) is 0 Å². The van der Waals surface area contributed by atoms with Gasteiger partial charge in [0.05, 0.1) is 6.10 Å². The van der Waals surface area contributed by atoms with Gasteiger partial charge in [0, 0.05) is 6.42 Å². The monoisotopic (exact) mass is 164 g/mol. The summed E-state index contributed by atoms with van der Waals surface area (Å²) in [6.07, 6.45) is 4.49. The van der Waals surface area contributed by atoms with Crippen molar-refractivity contribution >= 4 is 0 Å². The Morgan fingerprint density at radius 3 is 2.58 bits per heavy atom. The molecule has 1 N–H and O–H groups in total. The minimum atomic E-state index is -0.148. The van der Waals surface area contributed by atoms with Crippen LogP contribution < -0.4 is 0 Å². The first kappa shape index (κ1) is 8.13. The van der Waals surface area contributed by atoms with Gasteiger partial charge in [-0.3, -0.25) is 0 Å². The topological polar surface area (TPSA) is 20.2 Å². The van der Waals surface area contributed by atoms with Crippen LogP contribution in [0.4, 0.5) is 0 Å². The number of aliphatic hydroxyl groups is 1. The highest BCUT2D eigenvalue weighted by Crippen LogP contribution is 2.55. The summed E-state index contributed by atoms with van der Waals surface area (Å²) in [6.45, 7) is 1.83. The summed E-state index contributed by atoms with van der Waals surface area (Å²) in [6, 6.07) is 0. The summed E-state index contributed by atoms with van der Waals surface area (Å²) in [4.78, 5) is 0. The third kappa shape index (κ3) is 1.49. The SMILES string of the molecule is CC#CCC(O)C1CC2CC2C1. The van der Waals surface area contributed by atoms with Crippen LogP contribution in [0.15, 0.2) is 0 Å². The number of hydrogen-bond acceptors (Lipinski definition) is 1. The highest BCUT2D eigenvalue weighted by atomic mass is 16.3. The molecular formula is C11H16O. The number of fused-ring (bicyclic) bond motifs is 1. The zero-order valence-corrected chi connectivity index (χ0v) is 7.59. The maximum Gasteiger partial charge on any atom is 0.0677 e. The second-order valence-corrected chi connectivity index (χ2v) is 4.19. The van der Waals surface area contributed by atoms with Crippen molar-refractivity contribution in [3.63, 3.8) is 0 Å². The van der Waals surface area contributed by atoms with E-state index < -0.39 is 0 Å². The lowest BCUT2D eigenvalue weighted by molar-refractivity contribution is 0.108. The van der Waals surface area contributed by atoms with E-state index >= 15 is 0 Å². The molecule has 0 aliphatic heterocycles. The highest BCUT2D eigenvalue weighted by Gasteiger charge is 2.47. The first-order valence-corrected chi connectivity index (χ1v) is 4.89. The number of aliphatic hydroxyl groups excluding tert-OH is 1. The largest absolute Gasteiger partial charge is 0.392 e. The summed E-state index contributed by atoms with van der Waals surface area (Å²) in [7, 11) is 0. The van der Waals surface area contributed by atoms with Crippen molar-refractivity contribution in [2.24, 2.45) is 17.8 Å². The molecule has 2 aliphatic carbocycles. The maximum absolute atomic E-state index is 9.72. The predicted molar refractivity (Wildman–Crippen MR) is 48.4 cm³/mol. The van der Waals surface area contributed by atoms with Crippen LogP contribution in [0, 0.1) is 29.6 Å². The average molecular weight is 164 g/mol. The van der Waals surface area contributed by atoms with E-state index in [-0.39, 0.29) is 6.10 Å². The molecule has 0 heterocycles. The Hall–Kier alpha value is -0.480. The fourth-order valence-corrected chi connectivity index (χ4v) is 2.45. The minimum absolute atomic E-state index is 0.148. The molecule has 0 aromatic carbocycles. The Morgan fingerprint density at radius 1 is 1.33 bits per heavy atom. The van der Waals surface area contributed by atoms with E-state index in [4.69, 9.17) is 0 Å². The van der Waals surface area contributed by atoms with E-state index in [0.29, 0.717) is 12.3 Å². The van der Waals surface area contributed by atoms with Crippen LogP contribution in [-0.2, 0) is 0 Å². The second-order valence-electron chi connectivity index (χ2n) is 4.19. The summed E-state index contributed by atoms with van der Waals surface area (Å²) >= 11 is 0. The van der Waals surface area contributed by atoms with Gasteiger partial charge in [0.25, 0.3) is 0 Å². The van der Waals surface area contributed by atoms with Gasteiger partial charge >= 0.3 is 0 Å². The molecule has 3 atom stereocenters. The van der Waals surface area contributed by atoms with Crippen molar-refractivity contribution < 1.29 is 5.11 Å². The molecule has 2 rings (SSSR count). The van der Waals surface area contributed by atoms with Crippen molar-refractivity contribution in [2.75, 3.05) is 0 Å². The third-order valence-corrected chi connectivity index (χ3v) is 3.31. The lowest BCUT2D eigenvalue weighted by atomic mass is 9.95. The molecule has 0 aromatic rings. The molecule has 3 unspecified atom stereocenters. The zero-order valence-electron chi connectivity index (χ0n) is 7.59. The van der Waals surface area contributed by atoms with Crippen LogP contribution in [0.5, 0.6) is 0 Å². The van der Waals surface area contributed by atoms with E-state index in [0.717, 1.165) is 11.8 Å². The molecule has 2 aliphatic rings. The Labute approximate surface area is 74.2 Å². The van der Waals surface area contributed by atoms with Crippen LogP contribution in [-0.4, -0.2) is 11.2 Å². The second kappa shape index (κ2) is 3.11. The molecule has 0 bridgehead atoms. The van der Waals surface area contributed by atoms with Gasteiger partial charge in [-0.2, -0.15) is 0 Å². The van der Waals surface area contributed by atoms with E-state index in [9.17, 15) is 5.11 Å². The van der Waals surface area contributed by atoms with Crippen LogP contribution in [0.2, 0.25) is 0 Å². The van der Waals surface area contributed by atoms with Gasteiger partial charge in [-0.15, -0.1) is 11.8 Å². The Bertz CT molecular complexity index is 213. The molecule has 0 aromatic heterocycles. The molecule has 2 fully saturated rings. The smallest absolute Gasteiger partial charge is 0.0677 e. The van der Waals surface area contributed by atoms with Crippen molar-refractivity contribution in [2.45, 2.75) is 38.7 Å². The third-order valence-electron chi connectivity index (χ3n) is 3.31. The molecule has 2 saturated carbocycles. The van der Waals surface area contributed by atoms with Crippen molar-refractivity contribution in [1.29, 1.82) is 0 Å². The van der Waals surface area contributed by atoms with Crippen molar-refractivity contribution in [3.8, 4) is 11.8 Å². The van der Waals surface area contributed by atoms with E-state index in [1.54, 1.807) is 0 Å². The summed E-state index contributed by atoms with van der Waals surface area (Å²) in [5, 5.41) is 9.72. The minimum Gasteiger partial charge on any atom is -0.392 e. The standard InChI is InChI=1S/C11H16O/c1-2-3-4-11(12)10-6-8-5-9(8)7-10/h8-12H,4-7H2,1H3. The number of rotatable bonds is 2. The molecule has 12 heavy (non-hydrogen) atoms.